The van der Waals surface area contributed by atoms with Gasteiger partial charge in [0.2, 0.25) is 11.8 Å². The summed E-state index contributed by atoms with van der Waals surface area (Å²) < 4.78 is 45.6. The second kappa shape index (κ2) is 10.4. The normalized spacial score (nSPS) is 11.2. The van der Waals surface area contributed by atoms with Crippen LogP contribution in [-0.4, -0.2) is 35.2 Å². The maximum Gasteiger partial charge on any atom is 0.416 e. The highest BCUT2D eigenvalue weighted by atomic mass is 19.4. The molecule has 0 aliphatic rings. The van der Waals surface area contributed by atoms with Gasteiger partial charge in [-0.1, -0.05) is 18.2 Å². The summed E-state index contributed by atoms with van der Waals surface area (Å²) in [5.74, 6) is -0.0315. The summed E-state index contributed by atoms with van der Waals surface area (Å²) in [6.07, 6.45) is -4.52. The first kappa shape index (κ1) is 24.8. The molecule has 0 spiro atoms. The smallest absolute Gasteiger partial charge is 0.416 e. The molecule has 10 heteroatoms. The van der Waals surface area contributed by atoms with Gasteiger partial charge in [0.1, 0.15) is 5.75 Å². The van der Waals surface area contributed by atoms with Crippen molar-refractivity contribution in [2.75, 3.05) is 13.7 Å². The Morgan fingerprint density at radius 1 is 1.03 bits per heavy atom. The Bertz CT molecular complexity index is 1170. The van der Waals surface area contributed by atoms with Gasteiger partial charge in [-0.3, -0.25) is 9.59 Å². The van der Waals surface area contributed by atoms with Gasteiger partial charge in [0.15, 0.2) is 0 Å². The Morgan fingerprint density at radius 2 is 1.74 bits per heavy atom. The lowest BCUT2D eigenvalue weighted by atomic mass is 10.1. The van der Waals surface area contributed by atoms with E-state index in [1.807, 2.05) is 12.1 Å². The number of carbonyl (C=O) groups is 2. The van der Waals surface area contributed by atoms with Crippen molar-refractivity contribution in [2.24, 2.45) is 0 Å². The van der Waals surface area contributed by atoms with E-state index in [1.54, 1.807) is 33.1 Å². The zero-order chi connectivity index (χ0) is 24.9. The molecule has 0 aliphatic heterocycles. The predicted molar refractivity (Wildman–Crippen MR) is 120 cm³/mol. The van der Waals surface area contributed by atoms with Crippen molar-refractivity contribution >= 4 is 11.8 Å². The summed E-state index contributed by atoms with van der Waals surface area (Å²) in [5.41, 5.74) is 2.02. The van der Waals surface area contributed by atoms with Crippen LogP contribution in [0.5, 0.6) is 5.75 Å². The molecule has 2 aromatic carbocycles. The minimum atomic E-state index is -4.47. The maximum absolute atomic E-state index is 13.1. The maximum atomic E-state index is 13.1. The molecule has 0 atom stereocenters. The fourth-order valence-corrected chi connectivity index (χ4v) is 3.40. The molecule has 2 N–H and O–H groups in total. The molecular formula is C24H25F3N4O3. The number of methoxy groups -OCH3 is 1. The van der Waals surface area contributed by atoms with Crippen LogP contribution in [0.25, 0.3) is 5.69 Å². The zero-order valence-electron chi connectivity index (χ0n) is 19.0. The highest BCUT2D eigenvalue weighted by Crippen LogP contribution is 2.30. The highest BCUT2D eigenvalue weighted by molar-refractivity contribution is 5.85. The second-order valence-electron chi connectivity index (χ2n) is 7.69. The van der Waals surface area contributed by atoms with E-state index in [0.717, 1.165) is 17.7 Å². The Morgan fingerprint density at radius 3 is 2.38 bits per heavy atom. The Hall–Kier alpha value is -3.82. The van der Waals surface area contributed by atoms with Crippen molar-refractivity contribution in [2.45, 2.75) is 33.0 Å². The molecule has 2 amide bonds. The minimum Gasteiger partial charge on any atom is -0.497 e. The van der Waals surface area contributed by atoms with E-state index >= 15 is 0 Å². The number of ether oxygens (including phenoxy) is 1. The third-order valence-electron chi connectivity index (χ3n) is 5.29. The van der Waals surface area contributed by atoms with Crippen LogP contribution in [-0.2, 0) is 28.7 Å². The molecule has 0 saturated heterocycles. The predicted octanol–water partition coefficient (Wildman–Crippen LogP) is 3.49. The minimum absolute atomic E-state index is 0.0532. The van der Waals surface area contributed by atoms with Crippen molar-refractivity contribution in [3.8, 4) is 11.4 Å². The van der Waals surface area contributed by atoms with Crippen LogP contribution in [0.3, 0.4) is 0 Å². The number of nitrogens with zero attached hydrogens (tertiary/aromatic N) is 2. The number of nitrogens with one attached hydrogen (secondary N) is 2. The molecule has 3 aromatic rings. The van der Waals surface area contributed by atoms with Gasteiger partial charge in [0.25, 0.3) is 0 Å². The molecule has 0 bridgehead atoms. The highest BCUT2D eigenvalue weighted by Gasteiger charge is 2.30. The third-order valence-corrected chi connectivity index (χ3v) is 5.29. The Kier molecular flexibility index (Phi) is 7.60. The van der Waals surface area contributed by atoms with Crippen molar-refractivity contribution in [3.63, 3.8) is 0 Å². The van der Waals surface area contributed by atoms with Crippen LogP contribution in [0.4, 0.5) is 13.2 Å². The molecule has 3 rings (SSSR count). The lowest BCUT2D eigenvalue weighted by Crippen LogP contribution is -2.37. The standard InChI is InChI=1S/C24H25F3N4O3/c1-15-21(16(2)31(30-15)19-6-4-5-18(11-19)24(25,26)27)12-22(32)29-14-23(33)28-13-17-7-9-20(34-3)10-8-17/h4-11H,12-14H2,1-3H3,(H,28,33)(H,29,32). The van der Waals surface area contributed by atoms with Crippen molar-refractivity contribution < 1.29 is 27.5 Å². The van der Waals surface area contributed by atoms with Crippen LogP contribution in [0, 0.1) is 13.8 Å². The summed E-state index contributed by atoms with van der Waals surface area (Å²) in [6, 6.07) is 12.1. The summed E-state index contributed by atoms with van der Waals surface area (Å²) in [6.45, 7) is 3.47. The van der Waals surface area contributed by atoms with E-state index in [1.165, 1.54) is 16.8 Å². The number of aromatic nitrogens is 2. The number of hydrogen-bond acceptors (Lipinski definition) is 4. The Labute approximate surface area is 194 Å². The van der Waals surface area contributed by atoms with E-state index in [4.69, 9.17) is 4.74 Å². The average molecular weight is 474 g/mol. The summed E-state index contributed by atoms with van der Waals surface area (Å²) in [5, 5.41) is 9.59. The van der Waals surface area contributed by atoms with Gasteiger partial charge in [-0.25, -0.2) is 4.68 Å². The van der Waals surface area contributed by atoms with E-state index < -0.39 is 17.6 Å². The number of aryl methyl sites for hydroxylation is 1. The monoisotopic (exact) mass is 474 g/mol. The lowest BCUT2D eigenvalue weighted by molar-refractivity contribution is -0.137. The first-order valence-corrected chi connectivity index (χ1v) is 10.5. The van der Waals surface area contributed by atoms with E-state index in [-0.39, 0.29) is 24.6 Å². The fourth-order valence-electron chi connectivity index (χ4n) is 3.40. The second-order valence-corrected chi connectivity index (χ2v) is 7.69. The number of halogens is 3. The molecular weight excluding hydrogens is 449 g/mol. The molecule has 0 saturated carbocycles. The average Bonchev–Trinajstić information content (AvgIpc) is 3.09. The number of rotatable bonds is 8. The first-order chi connectivity index (χ1) is 16.1. The number of amides is 2. The topological polar surface area (TPSA) is 85.2 Å². The molecule has 1 heterocycles. The molecule has 180 valence electrons. The van der Waals surface area contributed by atoms with Crippen molar-refractivity contribution in [1.29, 1.82) is 0 Å². The molecule has 0 radical (unpaired) electrons. The van der Waals surface area contributed by atoms with Crippen LogP contribution in [0.2, 0.25) is 0 Å². The van der Waals surface area contributed by atoms with Gasteiger partial charge in [0.05, 0.1) is 37.0 Å². The van der Waals surface area contributed by atoms with Gasteiger partial charge in [0, 0.05) is 17.8 Å². The molecule has 0 aliphatic carbocycles. The summed E-state index contributed by atoms with van der Waals surface area (Å²) >= 11 is 0. The van der Waals surface area contributed by atoms with E-state index in [9.17, 15) is 22.8 Å². The first-order valence-electron chi connectivity index (χ1n) is 10.5. The Balaban J connectivity index is 1.58. The van der Waals surface area contributed by atoms with Crippen LogP contribution in [0.15, 0.2) is 48.5 Å². The lowest BCUT2D eigenvalue weighted by Gasteiger charge is -2.10. The van der Waals surface area contributed by atoms with Crippen molar-refractivity contribution in [3.05, 3.63) is 76.6 Å². The van der Waals surface area contributed by atoms with Gasteiger partial charge < -0.3 is 15.4 Å². The number of alkyl halides is 3. The van der Waals surface area contributed by atoms with Gasteiger partial charge in [-0.05, 0) is 49.7 Å². The molecule has 0 unspecified atom stereocenters. The zero-order valence-corrected chi connectivity index (χ0v) is 19.0. The van der Waals surface area contributed by atoms with E-state index in [2.05, 4.69) is 15.7 Å². The van der Waals surface area contributed by atoms with Crippen LogP contribution in [0.1, 0.15) is 28.1 Å². The summed E-state index contributed by atoms with van der Waals surface area (Å²) in [7, 11) is 1.57. The molecule has 1 aromatic heterocycles. The van der Waals surface area contributed by atoms with Crippen molar-refractivity contribution in [1.82, 2.24) is 20.4 Å². The molecule has 34 heavy (non-hydrogen) atoms. The fraction of sp³-hybridized carbons (Fsp3) is 0.292. The van der Waals surface area contributed by atoms with E-state index in [0.29, 0.717) is 29.2 Å². The van der Waals surface area contributed by atoms with Crippen LogP contribution < -0.4 is 15.4 Å². The SMILES string of the molecule is COc1ccc(CNC(=O)CNC(=O)Cc2c(C)nn(-c3cccc(C(F)(F)F)c3)c2C)cc1. The number of benzene rings is 2. The number of carbonyl (C=O) groups excluding carboxylic acids is 2. The van der Waals surface area contributed by atoms with Gasteiger partial charge >= 0.3 is 6.18 Å². The van der Waals surface area contributed by atoms with Gasteiger partial charge in [-0.15, -0.1) is 0 Å². The number of hydrogen-bond donors (Lipinski definition) is 2. The van der Waals surface area contributed by atoms with Crippen LogP contribution >= 0.6 is 0 Å². The van der Waals surface area contributed by atoms with Gasteiger partial charge in [-0.2, -0.15) is 18.3 Å². The molecule has 7 nitrogen and oxygen atoms in total. The molecule has 0 fully saturated rings. The largest absolute Gasteiger partial charge is 0.497 e. The third kappa shape index (κ3) is 6.15. The quantitative estimate of drug-likeness (QED) is 0.524. The summed E-state index contributed by atoms with van der Waals surface area (Å²) in [4.78, 5) is 24.5.